The molecule has 0 spiro atoms. The molecule has 2 aromatic rings. The van der Waals surface area contributed by atoms with Gasteiger partial charge in [0, 0.05) is 45.9 Å². The molecule has 0 aliphatic carbocycles. The number of carbonyl (C=O) groups is 1. The van der Waals surface area contributed by atoms with Gasteiger partial charge in [0.15, 0.2) is 5.65 Å². The van der Waals surface area contributed by atoms with Crippen LogP contribution in [0.25, 0.3) is 5.65 Å². The Morgan fingerprint density at radius 1 is 1.46 bits per heavy atom. The lowest BCUT2D eigenvalue weighted by molar-refractivity contribution is 0.0716. The molecule has 1 aliphatic heterocycles. The summed E-state index contributed by atoms with van der Waals surface area (Å²) >= 11 is 0. The average Bonchev–Trinajstić information content (AvgIpc) is 3.12. The number of aryl methyl sites for hydroxylation is 1. The predicted octanol–water partition coefficient (Wildman–Crippen LogP) is 1.75. The number of likely N-dealkylation sites (tertiary alicyclic amines) is 1. The molecule has 1 saturated heterocycles. The maximum absolute atomic E-state index is 12.5. The lowest BCUT2D eigenvalue weighted by Gasteiger charge is -2.19. The van der Waals surface area contributed by atoms with Crippen LogP contribution in [-0.4, -0.2) is 65.4 Å². The van der Waals surface area contributed by atoms with Crippen molar-refractivity contribution in [3.63, 3.8) is 0 Å². The second-order valence-electron chi connectivity index (χ2n) is 6.19. The molecule has 24 heavy (non-hydrogen) atoms. The summed E-state index contributed by atoms with van der Waals surface area (Å²) in [6.07, 6.45) is 1.00. The molecular formula is C16H24N6O2. The van der Waals surface area contributed by atoms with Gasteiger partial charge in [0.25, 0.3) is 0 Å². The number of hydrogen-bond acceptors (Lipinski definition) is 5. The van der Waals surface area contributed by atoms with Gasteiger partial charge in [-0.1, -0.05) is 0 Å². The molecule has 2 amide bonds. The van der Waals surface area contributed by atoms with Crippen molar-refractivity contribution >= 4 is 23.3 Å². The maximum Gasteiger partial charge on any atom is 0.323 e. The molecular weight excluding hydrogens is 308 g/mol. The lowest BCUT2D eigenvalue weighted by Crippen LogP contribution is -2.34. The van der Waals surface area contributed by atoms with E-state index in [2.05, 4.69) is 15.4 Å². The highest BCUT2D eigenvalue weighted by molar-refractivity contribution is 5.89. The Balaban J connectivity index is 1.78. The van der Waals surface area contributed by atoms with Crippen LogP contribution in [0.1, 0.15) is 19.0 Å². The molecule has 1 fully saturated rings. The number of urea groups is 1. The number of amides is 2. The first kappa shape index (κ1) is 16.5. The summed E-state index contributed by atoms with van der Waals surface area (Å²) in [5, 5.41) is 7.33. The van der Waals surface area contributed by atoms with Crippen molar-refractivity contribution in [2.24, 2.45) is 0 Å². The minimum absolute atomic E-state index is 0.131. The highest BCUT2D eigenvalue weighted by Crippen LogP contribution is 2.20. The molecule has 0 saturated carbocycles. The Morgan fingerprint density at radius 2 is 2.25 bits per heavy atom. The van der Waals surface area contributed by atoms with Gasteiger partial charge in [-0.15, -0.1) is 0 Å². The first-order chi connectivity index (χ1) is 11.5. The van der Waals surface area contributed by atoms with Gasteiger partial charge in [0.05, 0.1) is 11.8 Å². The third kappa shape index (κ3) is 3.28. The SMILES string of the molecule is CCO[C@H]1CCN(C(=O)Nc2cc(N(C)C)n3nc(C)cc3n2)C1. The molecule has 8 heteroatoms. The standard InChI is InChI=1S/C16H24N6O2/c1-5-24-12-6-7-21(10-12)16(23)18-13-9-15(20(3)4)22-14(17-13)8-11(2)19-22/h8-9,12H,5-7,10H2,1-4H3,(H,17,18,23)/t12-/m0/s1. The Bertz CT molecular complexity index is 741. The highest BCUT2D eigenvalue weighted by atomic mass is 16.5. The fraction of sp³-hybridized carbons (Fsp3) is 0.562. The zero-order chi connectivity index (χ0) is 17.3. The summed E-state index contributed by atoms with van der Waals surface area (Å²) in [6.45, 7) is 5.88. The quantitative estimate of drug-likeness (QED) is 0.923. The van der Waals surface area contributed by atoms with Crippen molar-refractivity contribution < 1.29 is 9.53 Å². The molecule has 1 atom stereocenters. The van der Waals surface area contributed by atoms with E-state index in [0.29, 0.717) is 31.2 Å². The Hall–Kier alpha value is -2.35. The summed E-state index contributed by atoms with van der Waals surface area (Å²) in [5.41, 5.74) is 1.59. The molecule has 0 unspecified atom stereocenters. The number of rotatable bonds is 4. The number of hydrogen-bond donors (Lipinski definition) is 1. The fourth-order valence-corrected chi connectivity index (χ4v) is 2.93. The Kier molecular flexibility index (Phi) is 4.57. The number of carbonyl (C=O) groups excluding carboxylic acids is 1. The molecule has 1 N–H and O–H groups in total. The first-order valence-electron chi connectivity index (χ1n) is 8.20. The van der Waals surface area contributed by atoms with Crippen LogP contribution in [0.15, 0.2) is 12.1 Å². The van der Waals surface area contributed by atoms with Crippen molar-refractivity contribution in [1.82, 2.24) is 19.5 Å². The zero-order valence-electron chi connectivity index (χ0n) is 14.6. The number of nitrogens with zero attached hydrogens (tertiary/aromatic N) is 5. The molecule has 3 rings (SSSR count). The van der Waals surface area contributed by atoms with Gasteiger partial charge in [-0.25, -0.2) is 9.78 Å². The van der Waals surface area contributed by atoms with Crippen LogP contribution in [-0.2, 0) is 4.74 Å². The van der Waals surface area contributed by atoms with Gasteiger partial charge in [-0.3, -0.25) is 5.32 Å². The smallest absolute Gasteiger partial charge is 0.323 e. The second-order valence-corrected chi connectivity index (χ2v) is 6.19. The summed E-state index contributed by atoms with van der Waals surface area (Å²) in [4.78, 5) is 20.7. The monoisotopic (exact) mass is 332 g/mol. The van der Waals surface area contributed by atoms with Crippen LogP contribution in [0.5, 0.6) is 0 Å². The van der Waals surface area contributed by atoms with Crippen molar-refractivity contribution in [2.75, 3.05) is 44.0 Å². The summed E-state index contributed by atoms with van der Waals surface area (Å²) < 4.78 is 7.36. The number of anilines is 2. The van der Waals surface area contributed by atoms with Crippen LogP contribution in [0.4, 0.5) is 16.4 Å². The van der Waals surface area contributed by atoms with E-state index in [1.54, 1.807) is 9.42 Å². The minimum Gasteiger partial charge on any atom is -0.377 e. The van der Waals surface area contributed by atoms with Gasteiger partial charge in [0.2, 0.25) is 0 Å². The van der Waals surface area contributed by atoms with E-state index < -0.39 is 0 Å². The third-order valence-corrected chi connectivity index (χ3v) is 4.06. The average molecular weight is 332 g/mol. The van der Waals surface area contributed by atoms with E-state index in [1.807, 2.05) is 45.0 Å². The summed E-state index contributed by atoms with van der Waals surface area (Å²) in [7, 11) is 3.87. The normalized spacial score (nSPS) is 17.5. The fourth-order valence-electron chi connectivity index (χ4n) is 2.93. The van der Waals surface area contributed by atoms with Crippen LogP contribution in [0.2, 0.25) is 0 Å². The molecule has 0 radical (unpaired) electrons. The van der Waals surface area contributed by atoms with Crippen molar-refractivity contribution in [3.8, 4) is 0 Å². The van der Waals surface area contributed by atoms with E-state index in [9.17, 15) is 4.79 Å². The Labute approximate surface area is 141 Å². The number of ether oxygens (including phenoxy) is 1. The van der Waals surface area contributed by atoms with E-state index in [-0.39, 0.29) is 12.1 Å². The number of aromatic nitrogens is 3. The largest absolute Gasteiger partial charge is 0.377 e. The maximum atomic E-state index is 12.5. The van der Waals surface area contributed by atoms with Crippen LogP contribution in [0.3, 0.4) is 0 Å². The van der Waals surface area contributed by atoms with Crippen molar-refractivity contribution in [2.45, 2.75) is 26.4 Å². The summed E-state index contributed by atoms with van der Waals surface area (Å²) in [6, 6.07) is 3.58. The van der Waals surface area contributed by atoms with Crippen molar-refractivity contribution in [3.05, 3.63) is 17.8 Å². The van der Waals surface area contributed by atoms with E-state index in [4.69, 9.17) is 4.74 Å². The van der Waals surface area contributed by atoms with Gasteiger partial charge in [-0.2, -0.15) is 9.61 Å². The second kappa shape index (κ2) is 6.64. The van der Waals surface area contributed by atoms with Gasteiger partial charge in [0.1, 0.15) is 11.6 Å². The van der Waals surface area contributed by atoms with Gasteiger partial charge >= 0.3 is 6.03 Å². The molecule has 0 aromatic carbocycles. The lowest BCUT2D eigenvalue weighted by atomic mass is 10.3. The third-order valence-electron chi connectivity index (χ3n) is 4.06. The predicted molar refractivity (Wildman–Crippen MR) is 92.7 cm³/mol. The number of nitrogens with one attached hydrogen (secondary N) is 1. The summed E-state index contributed by atoms with van der Waals surface area (Å²) in [5.74, 6) is 1.38. The van der Waals surface area contributed by atoms with Gasteiger partial charge in [-0.05, 0) is 20.3 Å². The van der Waals surface area contributed by atoms with Crippen LogP contribution < -0.4 is 10.2 Å². The zero-order valence-corrected chi connectivity index (χ0v) is 14.6. The van der Waals surface area contributed by atoms with Gasteiger partial charge < -0.3 is 14.5 Å². The first-order valence-corrected chi connectivity index (χ1v) is 8.20. The molecule has 3 heterocycles. The van der Waals surface area contributed by atoms with Crippen LogP contribution in [0, 0.1) is 6.92 Å². The molecule has 0 bridgehead atoms. The Morgan fingerprint density at radius 3 is 2.96 bits per heavy atom. The van der Waals surface area contributed by atoms with Crippen molar-refractivity contribution in [1.29, 1.82) is 0 Å². The molecule has 130 valence electrons. The molecule has 2 aromatic heterocycles. The number of fused-ring (bicyclic) bond motifs is 1. The molecule has 8 nitrogen and oxygen atoms in total. The van der Waals surface area contributed by atoms with E-state index >= 15 is 0 Å². The van der Waals surface area contributed by atoms with E-state index in [0.717, 1.165) is 17.9 Å². The highest BCUT2D eigenvalue weighted by Gasteiger charge is 2.27. The van der Waals surface area contributed by atoms with E-state index in [1.165, 1.54) is 0 Å². The topological polar surface area (TPSA) is 75.0 Å². The minimum atomic E-state index is -0.144. The molecule has 1 aliphatic rings. The van der Waals surface area contributed by atoms with Crippen LogP contribution >= 0.6 is 0 Å².